The molecule has 0 unspecified atom stereocenters. The molecule has 0 aliphatic rings. The molecule has 0 aliphatic carbocycles. The van der Waals surface area contributed by atoms with Gasteiger partial charge in [-0.3, -0.25) is 0 Å². The molecule has 5 nitrogen and oxygen atoms in total. The fourth-order valence-electron chi connectivity index (χ4n) is 2.36. The number of nitrogens with zero attached hydrogens (tertiary/aromatic N) is 2. The number of hydrogen-bond acceptors (Lipinski definition) is 5. The van der Waals surface area contributed by atoms with Gasteiger partial charge in [0.05, 0.1) is 24.0 Å². The maximum absolute atomic E-state index is 13.1. The summed E-state index contributed by atoms with van der Waals surface area (Å²) in [4.78, 5) is 8.26. The maximum atomic E-state index is 13.1. The fourth-order valence-corrected chi connectivity index (χ4v) is 2.54. The molecule has 0 saturated heterocycles. The summed E-state index contributed by atoms with van der Waals surface area (Å²) in [6.07, 6.45) is -3.06. The zero-order valence-electron chi connectivity index (χ0n) is 14.0. The Hall–Kier alpha value is -3.00. The summed E-state index contributed by atoms with van der Waals surface area (Å²) < 4.78 is 44.6. The number of rotatable bonds is 5. The number of anilines is 4. The first-order valence-electron chi connectivity index (χ1n) is 7.73. The number of methoxy groups -OCH3 is 1. The van der Waals surface area contributed by atoms with Gasteiger partial charge in [0.2, 0.25) is 5.95 Å². The van der Waals surface area contributed by atoms with Gasteiger partial charge >= 0.3 is 6.18 Å². The van der Waals surface area contributed by atoms with Gasteiger partial charge in [-0.05, 0) is 36.4 Å². The molecule has 1 heterocycles. The van der Waals surface area contributed by atoms with Gasteiger partial charge in [0.1, 0.15) is 11.6 Å². The summed E-state index contributed by atoms with van der Waals surface area (Å²) >= 11 is 5.98. The smallest absolute Gasteiger partial charge is 0.418 e. The molecular weight excluding hydrogens is 381 g/mol. The van der Waals surface area contributed by atoms with Gasteiger partial charge in [-0.15, -0.1) is 0 Å². The lowest BCUT2D eigenvalue weighted by Gasteiger charge is -2.14. The molecular formula is C18H14ClF3N4O. The van der Waals surface area contributed by atoms with Crippen LogP contribution in [0.1, 0.15) is 5.56 Å². The van der Waals surface area contributed by atoms with Crippen molar-refractivity contribution >= 4 is 34.7 Å². The van der Waals surface area contributed by atoms with Crippen LogP contribution in [0.2, 0.25) is 5.02 Å². The van der Waals surface area contributed by atoms with E-state index < -0.39 is 11.7 Å². The van der Waals surface area contributed by atoms with Crippen molar-refractivity contribution in [2.24, 2.45) is 0 Å². The first-order chi connectivity index (χ1) is 12.9. The minimum Gasteiger partial charge on any atom is -0.495 e. The van der Waals surface area contributed by atoms with E-state index in [-0.39, 0.29) is 17.5 Å². The van der Waals surface area contributed by atoms with Crippen molar-refractivity contribution in [1.82, 2.24) is 9.97 Å². The summed E-state index contributed by atoms with van der Waals surface area (Å²) in [5.41, 5.74) is -0.359. The highest BCUT2D eigenvalue weighted by Crippen LogP contribution is 2.36. The Labute approximate surface area is 158 Å². The van der Waals surface area contributed by atoms with Crippen LogP contribution in [-0.4, -0.2) is 17.1 Å². The van der Waals surface area contributed by atoms with E-state index in [1.165, 1.54) is 37.6 Å². The second kappa shape index (κ2) is 7.71. The third kappa shape index (κ3) is 4.59. The molecule has 0 atom stereocenters. The Kier molecular flexibility index (Phi) is 5.36. The van der Waals surface area contributed by atoms with Crippen molar-refractivity contribution in [3.63, 3.8) is 0 Å². The molecule has 140 valence electrons. The number of hydrogen-bond donors (Lipinski definition) is 2. The average Bonchev–Trinajstić information content (AvgIpc) is 2.62. The van der Waals surface area contributed by atoms with E-state index in [0.29, 0.717) is 16.5 Å². The van der Waals surface area contributed by atoms with Gasteiger partial charge in [-0.25, -0.2) is 4.98 Å². The normalized spacial score (nSPS) is 11.1. The zero-order valence-corrected chi connectivity index (χ0v) is 14.8. The fraction of sp³-hybridized carbons (Fsp3) is 0.111. The third-order valence-corrected chi connectivity index (χ3v) is 3.79. The molecule has 0 aliphatic heterocycles. The minimum atomic E-state index is -4.48. The lowest BCUT2D eigenvalue weighted by atomic mass is 10.1. The molecule has 3 rings (SSSR count). The monoisotopic (exact) mass is 394 g/mol. The van der Waals surface area contributed by atoms with Crippen molar-refractivity contribution < 1.29 is 17.9 Å². The number of halogens is 4. The Morgan fingerprint density at radius 1 is 1.00 bits per heavy atom. The lowest BCUT2D eigenvalue weighted by molar-refractivity contribution is -0.136. The molecule has 27 heavy (non-hydrogen) atoms. The minimum absolute atomic E-state index is 0.102. The third-order valence-electron chi connectivity index (χ3n) is 3.56. The Morgan fingerprint density at radius 3 is 2.52 bits per heavy atom. The Bertz CT molecular complexity index is 950. The lowest BCUT2D eigenvalue weighted by Crippen LogP contribution is -2.09. The van der Waals surface area contributed by atoms with Crippen LogP contribution in [0, 0.1) is 0 Å². The molecule has 0 spiro atoms. The molecule has 0 saturated carbocycles. The molecule has 1 aromatic heterocycles. The summed E-state index contributed by atoms with van der Waals surface area (Å²) in [5, 5.41) is 6.10. The van der Waals surface area contributed by atoms with Crippen molar-refractivity contribution in [3.8, 4) is 5.75 Å². The molecule has 0 fully saturated rings. The highest BCUT2D eigenvalue weighted by Gasteiger charge is 2.33. The average molecular weight is 395 g/mol. The van der Waals surface area contributed by atoms with Crippen LogP contribution in [-0.2, 0) is 6.18 Å². The second-order valence-electron chi connectivity index (χ2n) is 5.40. The van der Waals surface area contributed by atoms with Crippen LogP contribution < -0.4 is 15.4 Å². The maximum Gasteiger partial charge on any atom is 0.418 e. The largest absolute Gasteiger partial charge is 0.495 e. The van der Waals surface area contributed by atoms with E-state index in [0.717, 1.165) is 6.07 Å². The number of aromatic nitrogens is 2. The predicted octanol–water partition coefficient (Wildman–Crippen LogP) is 5.64. The summed E-state index contributed by atoms with van der Waals surface area (Å²) in [6, 6.07) is 11.6. The number of benzene rings is 2. The molecule has 0 amide bonds. The summed E-state index contributed by atoms with van der Waals surface area (Å²) in [5.74, 6) is 0.888. The zero-order chi connectivity index (χ0) is 19.4. The van der Waals surface area contributed by atoms with Gasteiger partial charge in [0, 0.05) is 11.2 Å². The van der Waals surface area contributed by atoms with E-state index >= 15 is 0 Å². The second-order valence-corrected chi connectivity index (χ2v) is 5.84. The standard InChI is InChI=1S/C18H14ClF3N4O/c1-27-15-7-6-11(19)10-14(15)25-17-23-9-8-16(26-17)24-13-5-3-2-4-12(13)18(20,21)22/h2-10H,1H3,(H2,23,24,25,26). The van der Waals surface area contributed by atoms with E-state index in [2.05, 4.69) is 20.6 Å². The SMILES string of the molecule is COc1ccc(Cl)cc1Nc1nccc(Nc2ccccc2C(F)(F)F)n1. The molecule has 2 aromatic carbocycles. The first-order valence-corrected chi connectivity index (χ1v) is 8.11. The van der Waals surface area contributed by atoms with E-state index in [9.17, 15) is 13.2 Å². The first kappa shape index (κ1) is 18.8. The van der Waals surface area contributed by atoms with Crippen LogP contribution in [0.15, 0.2) is 54.7 Å². The molecule has 2 N–H and O–H groups in total. The van der Waals surface area contributed by atoms with Gasteiger partial charge in [0.15, 0.2) is 0 Å². The Balaban J connectivity index is 1.87. The van der Waals surface area contributed by atoms with Gasteiger partial charge in [0.25, 0.3) is 0 Å². The van der Waals surface area contributed by atoms with Crippen molar-refractivity contribution in [2.75, 3.05) is 17.7 Å². The van der Waals surface area contributed by atoms with Crippen LogP contribution in [0.25, 0.3) is 0 Å². The quantitative estimate of drug-likeness (QED) is 0.586. The van der Waals surface area contributed by atoms with Crippen molar-refractivity contribution in [2.45, 2.75) is 6.18 Å². The number of alkyl halides is 3. The molecule has 3 aromatic rings. The Morgan fingerprint density at radius 2 is 1.78 bits per heavy atom. The van der Waals surface area contributed by atoms with Crippen LogP contribution in [0.4, 0.5) is 36.3 Å². The molecule has 0 radical (unpaired) electrons. The van der Waals surface area contributed by atoms with Crippen molar-refractivity contribution in [1.29, 1.82) is 0 Å². The van der Waals surface area contributed by atoms with Crippen molar-refractivity contribution in [3.05, 3.63) is 65.3 Å². The summed E-state index contributed by atoms with van der Waals surface area (Å²) in [7, 11) is 1.50. The predicted molar refractivity (Wildman–Crippen MR) is 98.0 cm³/mol. The number of para-hydroxylation sites is 1. The topological polar surface area (TPSA) is 59.1 Å². The molecule has 9 heteroatoms. The van der Waals surface area contributed by atoms with E-state index in [1.807, 2.05) is 0 Å². The highest BCUT2D eigenvalue weighted by atomic mass is 35.5. The number of nitrogens with one attached hydrogen (secondary N) is 2. The van der Waals surface area contributed by atoms with Crippen LogP contribution >= 0.6 is 11.6 Å². The van der Waals surface area contributed by atoms with Gasteiger partial charge < -0.3 is 15.4 Å². The summed E-state index contributed by atoms with van der Waals surface area (Å²) in [6.45, 7) is 0. The van der Waals surface area contributed by atoms with E-state index in [4.69, 9.17) is 16.3 Å². The number of ether oxygens (including phenoxy) is 1. The van der Waals surface area contributed by atoms with Crippen LogP contribution in [0.5, 0.6) is 5.75 Å². The van der Waals surface area contributed by atoms with E-state index in [1.54, 1.807) is 18.2 Å². The highest BCUT2D eigenvalue weighted by molar-refractivity contribution is 6.31. The molecule has 0 bridgehead atoms. The van der Waals surface area contributed by atoms with Gasteiger partial charge in [-0.2, -0.15) is 18.2 Å². The van der Waals surface area contributed by atoms with Gasteiger partial charge in [-0.1, -0.05) is 23.7 Å². The van der Waals surface area contributed by atoms with Crippen LogP contribution in [0.3, 0.4) is 0 Å².